The van der Waals surface area contributed by atoms with Crippen LogP contribution < -0.4 is 5.73 Å². The quantitative estimate of drug-likeness (QED) is 0.659. The molecule has 0 heterocycles. The molecule has 2 aromatic rings. The Kier molecular flexibility index (Phi) is 3.47. The van der Waals surface area contributed by atoms with E-state index in [9.17, 15) is 4.79 Å². The summed E-state index contributed by atoms with van der Waals surface area (Å²) in [5.74, 6) is 0.127. The first-order chi connectivity index (χ1) is 8.56. The van der Waals surface area contributed by atoms with E-state index in [4.69, 9.17) is 5.73 Å². The van der Waals surface area contributed by atoms with Crippen molar-refractivity contribution >= 4 is 11.5 Å². The van der Waals surface area contributed by atoms with Crippen molar-refractivity contribution < 1.29 is 4.79 Å². The average Bonchev–Trinajstić information content (AvgIpc) is 2.34. The van der Waals surface area contributed by atoms with E-state index < -0.39 is 0 Å². The molecule has 0 bridgehead atoms. The molecular weight excluding hydrogens is 222 g/mol. The minimum Gasteiger partial charge on any atom is -0.399 e. The number of carbonyl (C=O) groups excluding carboxylic acids is 1. The molecule has 0 saturated heterocycles. The normalized spacial score (nSPS) is 10.3. The van der Waals surface area contributed by atoms with Crippen molar-refractivity contribution in [2.24, 2.45) is 0 Å². The second-order valence-corrected chi connectivity index (χ2v) is 4.66. The van der Waals surface area contributed by atoms with Crippen molar-refractivity contribution in [3.8, 4) is 0 Å². The number of ketones is 1. The maximum absolute atomic E-state index is 12.1. The summed E-state index contributed by atoms with van der Waals surface area (Å²) in [6, 6.07) is 13.5. The number of Topliss-reactive ketones (excluding diaryl/α,β-unsaturated/α-hetero) is 1. The van der Waals surface area contributed by atoms with E-state index >= 15 is 0 Å². The van der Waals surface area contributed by atoms with Crippen LogP contribution in [0.2, 0.25) is 0 Å². The highest BCUT2D eigenvalue weighted by Crippen LogP contribution is 2.15. The minimum absolute atomic E-state index is 0.127. The molecule has 0 atom stereocenters. The number of aryl methyl sites for hydroxylation is 2. The zero-order chi connectivity index (χ0) is 13.1. The summed E-state index contributed by atoms with van der Waals surface area (Å²) in [4.78, 5) is 12.1. The van der Waals surface area contributed by atoms with Crippen LogP contribution in [0.15, 0.2) is 42.5 Å². The highest BCUT2D eigenvalue weighted by Gasteiger charge is 2.07. The third-order valence-corrected chi connectivity index (χ3v) is 3.05. The van der Waals surface area contributed by atoms with Gasteiger partial charge in [0.2, 0.25) is 0 Å². The summed E-state index contributed by atoms with van der Waals surface area (Å²) in [5, 5.41) is 0. The number of nitrogen functional groups attached to an aromatic ring is 1. The van der Waals surface area contributed by atoms with Crippen LogP contribution in [-0.4, -0.2) is 5.78 Å². The Morgan fingerprint density at radius 3 is 2.56 bits per heavy atom. The lowest BCUT2D eigenvalue weighted by Gasteiger charge is -2.05. The van der Waals surface area contributed by atoms with Crippen LogP contribution >= 0.6 is 0 Å². The second kappa shape index (κ2) is 5.05. The van der Waals surface area contributed by atoms with Gasteiger partial charge in [0.25, 0.3) is 0 Å². The second-order valence-electron chi connectivity index (χ2n) is 4.66. The van der Waals surface area contributed by atoms with E-state index in [1.165, 1.54) is 0 Å². The van der Waals surface area contributed by atoms with Crippen LogP contribution in [0.25, 0.3) is 0 Å². The Labute approximate surface area is 107 Å². The van der Waals surface area contributed by atoms with Crippen LogP contribution in [0.3, 0.4) is 0 Å². The van der Waals surface area contributed by atoms with E-state index in [0.717, 1.165) is 27.9 Å². The highest BCUT2D eigenvalue weighted by atomic mass is 16.1. The van der Waals surface area contributed by atoms with Gasteiger partial charge in [-0.1, -0.05) is 35.9 Å². The Balaban J connectivity index is 2.18. The van der Waals surface area contributed by atoms with Gasteiger partial charge in [-0.2, -0.15) is 0 Å². The molecule has 2 nitrogen and oxygen atoms in total. The van der Waals surface area contributed by atoms with Crippen LogP contribution in [0.4, 0.5) is 5.69 Å². The van der Waals surface area contributed by atoms with Gasteiger partial charge < -0.3 is 5.73 Å². The summed E-state index contributed by atoms with van der Waals surface area (Å²) in [7, 11) is 0. The number of anilines is 1. The Bertz CT molecular complexity index is 587. The molecule has 0 amide bonds. The third kappa shape index (κ3) is 2.77. The average molecular weight is 239 g/mol. The molecule has 2 heteroatoms. The molecule has 0 aliphatic heterocycles. The number of nitrogens with two attached hydrogens (primary N) is 1. The zero-order valence-corrected chi connectivity index (χ0v) is 10.7. The summed E-state index contributed by atoms with van der Waals surface area (Å²) < 4.78 is 0. The number of benzene rings is 2. The fraction of sp³-hybridized carbons (Fsp3) is 0.188. The number of carbonyl (C=O) groups is 1. The molecular formula is C16H17NO. The topological polar surface area (TPSA) is 43.1 Å². The smallest absolute Gasteiger partial charge is 0.167 e. The number of hydrogen-bond acceptors (Lipinski definition) is 2. The largest absolute Gasteiger partial charge is 0.399 e. The van der Waals surface area contributed by atoms with Crippen molar-refractivity contribution in [3.05, 3.63) is 64.7 Å². The summed E-state index contributed by atoms with van der Waals surface area (Å²) in [5.41, 5.74) is 10.5. The Hall–Kier alpha value is -2.09. The maximum Gasteiger partial charge on any atom is 0.167 e. The molecule has 0 aliphatic rings. The van der Waals surface area contributed by atoms with Crippen molar-refractivity contribution in [3.63, 3.8) is 0 Å². The van der Waals surface area contributed by atoms with E-state index in [-0.39, 0.29) is 5.78 Å². The van der Waals surface area contributed by atoms with Gasteiger partial charge in [-0.25, -0.2) is 0 Å². The molecule has 2 N–H and O–H groups in total. The van der Waals surface area contributed by atoms with Crippen molar-refractivity contribution in [2.75, 3.05) is 5.73 Å². The molecule has 0 radical (unpaired) electrons. The highest BCUT2D eigenvalue weighted by molar-refractivity contribution is 5.97. The minimum atomic E-state index is 0.127. The number of rotatable bonds is 3. The lowest BCUT2D eigenvalue weighted by molar-refractivity contribution is 0.0993. The molecule has 0 fully saturated rings. The lowest BCUT2D eigenvalue weighted by atomic mass is 10.0. The summed E-state index contributed by atoms with van der Waals surface area (Å²) in [6.45, 7) is 3.95. The van der Waals surface area contributed by atoms with Gasteiger partial charge in [-0.3, -0.25) is 4.79 Å². The van der Waals surface area contributed by atoms with Crippen molar-refractivity contribution in [1.29, 1.82) is 0 Å². The fourth-order valence-corrected chi connectivity index (χ4v) is 1.91. The zero-order valence-electron chi connectivity index (χ0n) is 10.7. The fourth-order valence-electron chi connectivity index (χ4n) is 1.91. The molecule has 2 aromatic carbocycles. The standard InChI is InChI=1S/C16H17NO/c1-11-4-3-5-14(8-11)16(18)10-13-7-6-12(2)15(17)9-13/h3-9H,10,17H2,1-2H3. The monoisotopic (exact) mass is 239 g/mol. The molecule has 0 aromatic heterocycles. The predicted octanol–water partition coefficient (Wildman–Crippen LogP) is 3.31. The van der Waals surface area contributed by atoms with Gasteiger partial charge in [0.15, 0.2) is 5.78 Å². The predicted molar refractivity (Wildman–Crippen MR) is 74.8 cm³/mol. The maximum atomic E-state index is 12.1. The van der Waals surface area contributed by atoms with E-state index in [1.54, 1.807) is 0 Å². The van der Waals surface area contributed by atoms with Crippen LogP contribution in [0.1, 0.15) is 27.0 Å². The molecule has 0 aliphatic carbocycles. The van der Waals surface area contributed by atoms with Crippen molar-refractivity contribution in [2.45, 2.75) is 20.3 Å². The first-order valence-corrected chi connectivity index (χ1v) is 6.01. The van der Waals surface area contributed by atoms with Crippen LogP contribution in [0, 0.1) is 13.8 Å². The van der Waals surface area contributed by atoms with Crippen molar-refractivity contribution in [1.82, 2.24) is 0 Å². The third-order valence-electron chi connectivity index (χ3n) is 3.05. The molecule has 18 heavy (non-hydrogen) atoms. The van der Waals surface area contributed by atoms with Gasteiger partial charge in [0, 0.05) is 17.7 Å². The Morgan fingerprint density at radius 1 is 1.11 bits per heavy atom. The van der Waals surface area contributed by atoms with Gasteiger partial charge in [-0.05, 0) is 37.1 Å². The van der Waals surface area contributed by atoms with Crippen LogP contribution in [0.5, 0.6) is 0 Å². The first kappa shape index (κ1) is 12.4. The molecule has 92 valence electrons. The van der Waals surface area contributed by atoms with E-state index in [1.807, 2.05) is 56.3 Å². The number of hydrogen-bond donors (Lipinski definition) is 1. The van der Waals surface area contributed by atoms with Gasteiger partial charge in [0.05, 0.1) is 0 Å². The van der Waals surface area contributed by atoms with Crippen LogP contribution in [-0.2, 0) is 6.42 Å². The summed E-state index contributed by atoms with van der Waals surface area (Å²) in [6.07, 6.45) is 0.397. The van der Waals surface area contributed by atoms with E-state index in [0.29, 0.717) is 6.42 Å². The Morgan fingerprint density at radius 2 is 1.89 bits per heavy atom. The molecule has 2 rings (SSSR count). The first-order valence-electron chi connectivity index (χ1n) is 6.01. The van der Waals surface area contributed by atoms with Gasteiger partial charge >= 0.3 is 0 Å². The molecule has 0 saturated carbocycles. The summed E-state index contributed by atoms with van der Waals surface area (Å²) >= 11 is 0. The SMILES string of the molecule is Cc1cccc(C(=O)Cc2ccc(C)c(N)c2)c1. The molecule has 0 spiro atoms. The molecule has 0 unspecified atom stereocenters. The van der Waals surface area contributed by atoms with Gasteiger partial charge in [0.1, 0.15) is 0 Å². The van der Waals surface area contributed by atoms with E-state index in [2.05, 4.69) is 0 Å². The van der Waals surface area contributed by atoms with Gasteiger partial charge in [-0.15, -0.1) is 0 Å². The lowest BCUT2D eigenvalue weighted by Crippen LogP contribution is -2.04.